The molecule has 23 heavy (non-hydrogen) atoms. The van der Waals surface area contributed by atoms with Crippen molar-refractivity contribution in [2.75, 3.05) is 26.2 Å². The topological polar surface area (TPSA) is 29.5 Å². The van der Waals surface area contributed by atoms with Gasteiger partial charge in [-0.25, -0.2) is 0 Å². The van der Waals surface area contributed by atoms with Crippen LogP contribution in [0.4, 0.5) is 5.69 Å². The highest BCUT2D eigenvalue weighted by Gasteiger charge is 2.30. The molecule has 0 spiro atoms. The molecule has 2 rings (SSSR count). The molecule has 2 aromatic rings. The van der Waals surface area contributed by atoms with Crippen LogP contribution in [0.15, 0.2) is 54.6 Å². The Morgan fingerprint density at radius 3 is 2.17 bits per heavy atom. The largest absolute Gasteiger partial charge is 0.491 e. The molecule has 0 aliphatic carbocycles. The summed E-state index contributed by atoms with van der Waals surface area (Å²) in [4.78, 5) is 0. The smallest absolute Gasteiger partial charge is 0.137 e. The van der Waals surface area contributed by atoms with Crippen LogP contribution in [0.3, 0.4) is 0 Å². The predicted molar refractivity (Wildman–Crippen MR) is 105 cm³/mol. The van der Waals surface area contributed by atoms with E-state index in [9.17, 15) is 5.11 Å². The number of likely N-dealkylation sites (N-methyl/N-ethyl adjacent to an activating group) is 1. The average Bonchev–Trinajstić information content (AvgIpc) is 2.60. The van der Waals surface area contributed by atoms with E-state index in [1.54, 1.807) is 0 Å². The molecule has 0 radical (unpaired) electrons. The molecule has 2 aromatic carbocycles. The first-order chi connectivity index (χ1) is 11.1. The van der Waals surface area contributed by atoms with Gasteiger partial charge in [-0.05, 0) is 60.7 Å². The molecular formula is C19H25INO2+. The van der Waals surface area contributed by atoms with E-state index in [1.807, 2.05) is 30.3 Å². The lowest BCUT2D eigenvalue weighted by atomic mass is 10.2. The third-order valence-corrected chi connectivity index (χ3v) is 5.05. The van der Waals surface area contributed by atoms with Crippen LogP contribution >= 0.6 is 22.6 Å². The van der Waals surface area contributed by atoms with Crippen molar-refractivity contribution in [2.45, 2.75) is 20.0 Å². The summed E-state index contributed by atoms with van der Waals surface area (Å²) in [5.74, 6) is 0.798. The van der Waals surface area contributed by atoms with Crippen LogP contribution in [0, 0.1) is 3.57 Å². The molecule has 1 atom stereocenters. The summed E-state index contributed by atoms with van der Waals surface area (Å²) in [7, 11) is 0. The van der Waals surface area contributed by atoms with Crippen molar-refractivity contribution in [2.24, 2.45) is 0 Å². The Kier molecular flexibility index (Phi) is 6.87. The third-order valence-electron chi connectivity index (χ3n) is 4.33. The molecule has 4 heteroatoms. The van der Waals surface area contributed by atoms with Gasteiger partial charge in [0.2, 0.25) is 0 Å². The van der Waals surface area contributed by atoms with E-state index in [2.05, 4.69) is 60.7 Å². The SMILES string of the molecule is CC[N+](CC)(CC(O)COc1ccccc1)c1ccc(I)cc1. The predicted octanol–water partition coefficient (Wildman–Crippen LogP) is 4.08. The normalized spacial score (nSPS) is 12.9. The van der Waals surface area contributed by atoms with Crippen LogP contribution < -0.4 is 9.22 Å². The summed E-state index contributed by atoms with van der Waals surface area (Å²) in [6, 6.07) is 18.2. The summed E-state index contributed by atoms with van der Waals surface area (Å²) in [6.45, 7) is 7.20. The van der Waals surface area contributed by atoms with Crippen LogP contribution in [-0.2, 0) is 0 Å². The molecule has 1 N–H and O–H groups in total. The number of aliphatic hydroxyl groups excluding tert-OH is 1. The van der Waals surface area contributed by atoms with E-state index in [0.717, 1.165) is 23.3 Å². The fraction of sp³-hybridized carbons (Fsp3) is 0.368. The van der Waals surface area contributed by atoms with Gasteiger partial charge in [-0.3, -0.25) is 4.48 Å². The first kappa shape index (κ1) is 18.2. The molecule has 0 aliphatic heterocycles. The summed E-state index contributed by atoms with van der Waals surface area (Å²) in [6.07, 6.45) is -0.505. The number of hydrogen-bond acceptors (Lipinski definition) is 2. The van der Waals surface area contributed by atoms with Gasteiger partial charge >= 0.3 is 0 Å². The molecule has 124 valence electrons. The minimum absolute atomic E-state index is 0.314. The Morgan fingerprint density at radius 2 is 1.61 bits per heavy atom. The van der Waals surface area contributed by atoms with Gasteiger partial charge < -0.3 is 9.84 Å². The van der Waals surface area contributed by atoms with E-state index < -0.39 is 6.10 Å². The van der Waals surface area contributed by atoms with Gasteiger partial charge in [0.15, 0.2) is 0 Å². The van der Waals surface area contributed by atoms with Crippen molar-refractivity contribution in [1.82, 2.24) is 4.48 Å². The van der Waals surface area contributed by atoms with E-state index in [1.165, 1.54) is 9.26 Å². The number of halogens is 1. The number of benzene rings is 2. The number of hydrogen-bond donors (Lipinski definition) is 1. The van der Waals surface area contributed by atoms with Crippen molar-refractivity contribution < 1.29 is 9.84 Å². The monoisotopic (exact) mass is 426 g/mol. The lowest BCUT2D eigenvalue weighted by Crippen LogP contribution is -2.54. The molecule has 0 fully saturated rings. The Hall–Kier alpha value is -1.11. The van der Waals surface area contributed by atoms with Gasteiger partial charge in [-0.2, -0.15) is 0 Å². The Labute approximate surface area is 152 Å². The number of quaternary nitrogens is 1. The van der Waals surface area contributed by atoms with E-state index in [0.29, 0.717) is 13.2 Å². The molecule has 0 heterocycles. The fourth-order valence-electron chi connectivity index (χ4n) is 2.87. The standard InChI is InChI=1S/C19H25INO2/c1-3-21(4-2,17-12-10-16(20)11-13-17)14-18(22)15-23-19-8-6-5-7-9-19/h5-13,18,22H,3-4,14-15H2,1-2H3/q+1. The Balaban J connectivity index is 2.04. The van der Waals surface area contributed by atoms with Gasteiger partial charge in [0.05, 0.1) is 13.1 Å². The summed E-state index contributed by atoms with van der Waals surface area (Å²) >= 11 is 2.32. The summed E-state index contributed by atoms with van der Waals surface area (Å²) in [5.41, 5.74) is 1.24. The highest BCUT2D eigenvalue weighted by Crippen LogP contribution is 2.24. The molecule has 1 unspecified atom stereocenters. The zero-order chi connectivity index (χ0) is 16.7. The van der Waals surface area contributed by atoms with Gasteiger partial charge in [-0.1, -0.05) is 18.2 Å². The maximum atomic E-state index is 10.5. The first-order valence-electron chi connectivity index (χ1n) is 8.08. The van der Waals surface area contributed by atoms with Gasteiger partial charge in [0, 0.05) is 15.7 Å². The molecule has 0 aromatic heterocycles. The Morgan fingerprint density at radius 1 is 1.00 bits per heavy atom. The van der Waals surface area contributed by atoms with Crippen molar-refractivity contribution in [1.29, 1.82) is 0 Å². The first-order valence-corrected chi connectivity index (χ1v) is 9.15. The summed E-state index contributed by atoms with van der Waals surface area (Å²) in [5, 5.41) is 10.5. The average molecular weight is 426 g/mol. The maximum Gasteiger partial charge on any atom is 0.137 e. The van der Waals surface area contributed by atoms with Gasteiger partial charge in [-0.15, -0.1) is 0 Å². The van der Waals surface area contributed by atoms with Crippen molar-refractivity contribution in [3.8, 4) is 5.75 Å². The molecule has 0 saturated heterocycles. The third kappa shape index (κ3) is 4.93. The lowest BCUT2D eigenvalue weighted by Gasteiger charge is -2.37. The molecule has 0 saturated carbocycles. The molecule has 0 amide bonds. The molecule has 0 aliphatic rings. The highest BCUT2D eigenvalue weighted by molar-refractivity contribution is 14.1. The number of nitrogens with zero attached hydrogens (tertiary/aromatic N) is 1. The number of aliphatic hydroxyl groups is 1. The van der Waals surface area contributed by atoms with Crippen LogP contribution in [0.2, 0.25) is 0 Å². The molecule has 3 nitrogen and oxygen atoms in total. The van der Waals surface area contributed by atoms with E-state index >= 15 is 0 Å². The van der Waals surface area contributed by atoms with E-state index in [4.69, 9.17) is 4.74 Å². The van der Waals surface area contributed by atoms with Crippen molar-refractivity contribution in [3.05, 3.63) is 58.2 Å². The zero-order valence-corrected chi connectivity index (χ0v) is 15.9. The van der Waals surface area contributed by atoms with Gasteiger partial charge in [0.25, 0.3) is 0 Å². The molecule has 0 bridgehead atoms. The van der Waals surface area contributed by atoms with E-state index in [-0.39, 0.29) is 0 Å². The van der Waals surface area contributed by atoms with Crippen LogP contribution in [0.1, 0.15) is 13.8 Å². The number of rotatable bonds is 8. The minimum Gasteiger partial charge on any atom is -0.491 e. The maximum absolute atomic E-state index is 10.5. The van der Waals surface area contributed by atoms with Crippen LogP contribution in [0.25, 0.3) is 0 Å². The second kappa shape index (κ2) is 8.66. The van der Waals surface area contributed by atoms with Crippen LogP contribution in [-0.4, -0.2) is 37.5 Å². The minimum atomic E-state index is -0.505. The number of ether oxygens (including phenoxy) is 1. The summed E-state index contributed by atoms with van der Waals surface area (Å²) < 4.78 is 7.68. The Bertz CT molecular complexity index is 582. The molecular weight excluding hydrogens is 401 g/mol. The quantitative estimate of drug-likeness (QED) is 0.509. The fourth-order valence-corrected chi connectivity index (χ4v) is 3.23. The zero-order valence-electron chi connectivity index (χ0n) is 13.8. The highest BCUT2D eigenvalue weighted by atomic mass is 127. The number of para-hydroxylation sites is 1. The second-order valence-electron chi connectivity index (χ2n) is 5.71. The second-order valence-corrected chi connectivity index (χ2v) is 6.96. The van der Waals surface area contributed by atoms with Crippen molar-refractivity contribution in [3.63, 3.8) is 0 Å². The van der Waals surface area contributed by atoms with Crippen molar-refractivity contribution >= 4 is 28.3 Å². The van der Waals surface area contributed by atoms with Gasteiger partial charge in [0.1, 0.15) is 30.7 Å². The lowest BCUT2D eigenvalue weighted by molar-refractivity contribution is 0.0731. The van der Waals surface area contributed by atoms with Crippen LogP contribution in [0.5, 0.6) is 5.75 Å².